The van der Waals surface area contributed by atoms with E-state index in [1.807, 2.05) is 27.9 Å². The predicted molar refractivity (Wildman–Crippen MR) is 162 cm³/mol. The molecule has 0 atom stereocenters. The van der Waals surface area contributed by atoms with Crippen LogP contribution in [0.4, 0.5) is 11.5 Å². The van der Waals surface area contributed by atoms with Crippen LogP contribution in [0.1, 0.15) is 29.9 Å². The lowest BCUT2D eigenvalue weighted by atomic mass is 10.0. The smallest absolute Gasteiger partial charge is 0.246 e. The number of thiophene rings is 1. The Balaban J connectivity index is 1.20. The number of aromatic nitrogens is 4. The van der Waals surface area contributed by atoms with Crippen molar-refractivity contribution in [2.45, 2.75) is 33.4 Å². The van der Waals surface area contributed by atoms with Crippen LogP contribution in [0, 0.1) is 0 Å². The number of nitrogens with zero attached hydrogens (tertiary/aromatic N) is 6. The van der Waals surface area contributed by atoms with Gasteiger partial charge in [0, 0.05) is 35.1 Å². The third kappa shape index (κ3) is 5.35. The fraction of sp³-hybridized carbons (Fsp3) is 0.290. The average Bonchev–Trinajstić information content (AvgIpc) is 3.56. The van der Waals surface area contributed by atoms with Gasteiger partial charge < -0.3 is 15.1 Å². The molecule has 0 radical (unpaired) electrons. The largest absolute Gasteiger partial charge is 0.340 e. The van der Waals surface area contributed by atoms with Crippen LogP contribution in [0.25, 0.3) is 21.1 Å². The van der Waals surface area contributed by atoms with Crippen molar-refractivity contribution in [3.8, 4) is 0 Å². The van der Waals surface area contributed by atoms with Crippen molar-refractivity contribution in [1.29, 1.82) is 0 Å². The molecular weight excluding hydrogens is 518 g/mol. The molecule has 0 spiro atoms. The summed E-state index contributed by atoms with van der Waals surface area (Å²) in [5, 5.41) is 10.3. The van der Waals surface area contributed by atoms with E-state index in [0.29, 0.717) is 13.1 Å². The lowest BCUT2D eigenvalue weighted by Gasteiger charge is -2.26. The molecule has 1 aliphatic heterocycles. The number of carbonyl (C=O) groups is 1. The predicted octanol–water partition coefficient (Wildman–Crippen LogP) is 5.62. The molecule has 0 bridgehead atoms. The summed E-state index contributed by atoms with van der Waals surface area (Å²) in [5.74, 6) is 0.873. The van der Waals surface area contributed by atoms with E-state index in [0.717, 1.165) is 65.2 Å². The molecule has 40 heavy (non-hydrogen) atoms. The van der Waals surface area contributed by atoms with Crippen molar-refractivity contribution in [3.05, 3.63) is 89.2 Å². The number of hydrogen-bond acceptors (Lipinski definition) is 7. The Kier molecular flexibility index (Phi) is 7.57. The van der Waals surface area contributed by atoms with Crippen LogP contribution >= 0.6 is 11.3 Å². The molecule has 0 aliphatic carbocycles. The Morgan fingerprint density at radius 3 is 2.80 bits per heavy atom. The molecule has 8 nitrogen and oxygen atoms in total. The van der Waals surface area contributed by atoms with Gasteiger partial charge in [-0.25, -0.2) is 9.97 Å². The second-order valence-electron chi connectivity index (χ2n) is 9.99. The Labute approximate surface area is 238 Å². The number of carbonyl (C=O) groups excluding carboxylic acids is 1. The van der Waals surface area contributed by atoms with Gasteiger partial charge in [0.2, 0.25) is 5.91 Å². The monoisotopic (exact) mass is 551 g/mol. The third-order valence-corrected chi connectivity index (χ3v) is 8.67. The average molecular weight is 552 g/mol. The number of benzene rings is 2. The fourth-order valence-electron chi connectivity index (χ4n) is 5.28. The molecule has 6 rings (SSSR count). The summed E-state index contributed by atoms with van der Waals surface area (Å²) in [6.45, 7) is 9.06. The molecule has 5 aromatic rings. The first-order valence-electron chi connectivity index (χ1n) is 13.8. The zero-order valence-electron chi connectivity index (χ0n) is 22.9. The normalized spacial score (nSPS) is 13.5. The number of hydrogen-bond donors (Lipinski definition) is 1. The number of nitrogens with one attached hydrogen (secondary N) is 1. The van der Waals surface area contributed by atoms with E-state index in [9.17, 15) is 4.79 Å². The minimum Gasteiger partial charge on any atom is -0.340 e. The molecule has 3 aromatic heterocycles. The molecule has 4 heterocycles. The van der Waals surface area contributed by atoms with Crippen molar-refractivity contribution in [2.24, 2.45) is 0 Å². The number of anilines is 2. The van der Waals surface area contributed by atoms with E-state index in [1.54, 1.807) is 23.7 Å². The minimum atomic E-state index is 0.0702. The maximum Gasteiger partial charge on any atom is 0.246 e. The maximum absolute atomic E-state index is 12.9. The fourth-order valence-corrected chi connectivity index (χ4v) is 6.49. The van der Waals surface area contributed by atoms with Crippen molar-refractivity contribution in [3.63, 3.8) is 0 Å². The molecule has 9 heteroatoms. The quantitative estimate of drug-likeness (QED) is 0.240. The van der Waals surface area contributed by atoms with Gasteiger partial charge in [0.25, 0.3) is 0 Å². The van der Waals surface area contributed by atoms with E-state index in [1.165, 1.54) is 16.0 Å². The summed E-state index contributed by atoms with van der Waals surface area (Å²) < 4.78 is 2.03. The Morgan fingerprint density at radius 2 is 1.98 bits per heavy atom. The first-order valence-corrected chi connectivity index (χ1v) is 14.6. The third-order valence-electron chi connectivity index (χ3n) is 7.55. The summed E-state index contributed by atoms with van der Waals surface area (Å²) in [5.41, 5.74) is 4.51. The summed E-state index contributed by atoms with van der Waals surface area (Å²) in [6, 6.07) is 16.7. The Hall–Kier alpha value is -4.08. The van der Waals surface area contributed by atoms with E-state index >= 15 is 0 Å². The number of amides is 1. The highest BCUT2D eigenvalue weighted by Crippen LogP contribution is 2.38. The van der Waals surface area contributed by atoms with Crippen molar-refractivity contribution in [1.82, 2.24) is 29.5 Å². The molecule has 1 aliphatic rings. The Bertz CT molecular complexity index is 1670. The van der Waals surface area contributed by atoms with Crippen LogP contribution < -0.4 is 5.32 Å². The Morgan fingerprint density at radius 1 is 1.12 bits per heavy atom. The highest BCUT2D eigenvalue weighted by atomic mass is 32.1. The molecule has 1 amide bonds. The van der Waals surface area contributed by atoms with Gasteiger partial charge in [0.15, 0.2) is 0 Å². The van der Waals surface area contributed by atoms with Crippen LogP contribution in [0.3, 0.4) is 0 Å². The molecule has 2 aromatic carbocycles. The molecule has 1 N–H and O–H groups in total. The summed E-state index contributed by atoms with van der Waals surface area (Å²) >= 11 is 1.66. The number of rotatable bonds is 9. The first-order chi connectivity index (χ1) is 19.6. The maximum atomic E-state index is 12.9. The highest BCUT2D eigenvalue weighted by Gasteiger charge is 2.25. The van der Waals surface area contributed by atoms with E-state index in [4.69, 9.17) is 0 Å². The topological polar surface area (TPSA) is 79.2 Å². The van der Waals surface area contributed by atoms with Crippen LogP contribution in [0.2, 0.25) is 0 Å². The zero-order valence-corrected chi connectivity index (χ0v) is 23.7. The second kappa shape index (κ2) is 11.6. The molecule has 0 unspecified atom stereocenters. The molecular formula is C31H33N7OS. The highest BCUT2D eigenvalue weighted by molar-refractivity contribution is 7.19. The van der Waals surface area contributed by atoms with E-state index in [2.05, 4.69) is 81.6 Å². The van der Waals surface area contributed by atoms with Crippen molar-refractivity contribution >= 4 is 49.9 Å². The number of fused-ring (bicyclic) bond motifs is 4. The van der Waals surface area contributed by atoms with E-state index in [-0.39, 0.29) is 5.91 Å². The molecule has 204 valence electrons. The van der Waals surface area contributed by atoms with Gasteiger partial charge in [-0.2, -0.15) is 5.10 Å². The summed E-state index contributed by atoms with van der Waals surface area (Å²) in [6.07, 6.45) is 8.01. The minimum absolute atomic E-state index is 0.0702. The van der Waals surface area contributed by atoms with Crippen molar-refractivity contribution in [2.75, 3.05) is 31.5 Å². The first kappa shape index (κ1) is 26.2. The van der Waals surface area contributed by atoms with Gasteiger partial charge in [-0.3, -0.25) is 9.48 Å². The number of likely N-dealkylation sites (N-methyl/N-ethyl adjacent to an activating group) is 1. The van der Waals surface area contributed by atoms with Crippen molar-refractivity contribution < 1.29 is 4.79 Å². The summed E-state index contributed by atoms with van der Waals surface area (Å²) in [4.78, 5) is 28.4. The van der Waals surface area contributed by atoms with Crippen LogP contribution in [-0.4, -0.2) is 61.6 Å². The molecule has 0 fully saturated rings. The van der Waals surface area contributed by atoms with Crippen LogP contribution in [-0.2, 0) is 24.3 Å². The van der Waals surface area contributed by atoms with Gasteiger partial charge >= 0.3 is 0 Å². The SMILES string of the molecule is CCN(CC)C/C=C/C(=O)N1CCc2c(sc3ncnc(Nc4ccc5c(cnn5Cc5ccccc5)c4)c23)C1. The van der Waals surface area contributed by atoms with E-state index < -0.39 is 0 Å². The molecule has 0 saturated heterocycles. The lowest BCUT2D eigenvalue weighted by molar-refractivity contribution is -0.126. The van der Waals surface area contributed by atoms with Gasteiger partial charge in [0.1, 0.15) is 17.0 Å². The van der Waals surface area contributed by atoms with Gasteiger partial charge in [-0.15, -0.1) is 11.3 Å². The summed E-state index contributed by atoms with van der Waals surface area (Å²) in [7, 11) is 0. The van der Waals surface area contributed by atoms with Gasteiger partial charge in [-0.1, -0.05) is 50.3 Å². The zero-order chi connectivity index (χ0) is 27.5. The van der Waals surface area contributed by atoms with Crippen LogP contribution in [0.5, 0.6) is 0 Å². The van der Waals surface area contributed by atoms with Gasteiger partial charge in [0.05, 0.1) is 30.2 Å². The standard InChI is InChI=1S/C31H33N7OS/c1-3-36(4-2)15-8-11-28(39)37-16-14-25-27(20-37)40-31-29(25)30(32-21-33-31)35-24-12-13-26-23(17-24)18-34-38(26)19-22-9-6-5-7-10-22/h5-13,17-18,21H,3-4,14-16,19-20H2,1-2H3,(H,32,33,35)/b11-8+. The van der Waals surface area contributed by atoms with Gasteiger partial charge in [-0.05, 0) is 48.8 Å². The molecule has 0 saturated carbocycles. The second-order valence-corrected chi connectivity index (χ2v) is 11.1. The van der Waals surface area contributed by atoms with Crippen LogP contribution in [0.15, 0.2) is 73.2 Å². The lowest BCUT2D eigenvalue weighted by Crippen LogP contribution is -2.34.